The van der Waals surface area contributed by atoms with Gasteiger partial charge >= 0.3 is 0 Å². The molecular weight excluding hydrogens is 244 g/mol. The fourth-order valence-corrected chi connectivity index (χ4v) is 3.14. The zero-order valence-corrected chi connectivity index (χ0v) is 12.1. The number of aromatic nitrogens is 1. The van der Waals surface area contributed by atoms with Crippen molar-refractivity contribution in [1.82, 2.24) is 4.57 Å². The van der Waals surface area contributed by atoms with E-state index in [0.29, 0.717) is 6.42 Å². The molecule has 2 rings (SSSR count). The molecule has 96 valence electrons. The smallest absolute Gasteiger partial charge is 0.248 e. The van der Waals surface area contributed by atoms with Crippen molar-refractivity contribution in [3.63, 3.8) is 0 Å². The Labute approximate surface area is 111 Å². The van der Waals surface area contributed by atoms with E-state index < -0.39 is 0 Å². The Morgan fingerprint density at radius 3 is 2.78 bits per heavy atom. The summed E-state index contributed by atoms with van der Waals surface area (Å²) in [4.78, 5) is 16.6. The topological polar surface area (TPSA) is 34.4 Å². The summed E-state index contributed by atoms with van der Waals surface area (Å²) in [6, 6.07) is 4.30. The molecule has 1 heterocycles. The molecule has 0 N–H and O–H groups in total. The monoisotopic (exact) mass is 262 g/mol. The number of fused-ring (bicyclic) bond motifs is 1. The van der Waals surface area contributed by atoms with Gasteiger partial charge in [-0.25, -0.2) is 0 Å². The van der Waals surface area contributed by atoms with E-state index in [2.05, 4.69) is 31.0 Å². The van der Waals surface area contributed by atoms with E-state index in [1.54, 1.807) is 11.3 Å². The van der Waals surface area contributed by atoms with Gasteiger partial charge in [0.25, 0.3) is 0 Å². The third kappa shape index (κ3) is 2.38. The van der Waals surface area contributed by atoms with Crippen LogP contribution < -0.4 is 4.80 Å². The van der Waals surface area contributed by atoms with Crippen LogP contribution in [0.1, 0.15) is 30.9 Å². The third-order valence-corrected chi connectivity index (χ3v) is 4.21. The number of hydrogen-bond acceptors (Lipinski definition) is 2. The molecule has 1 aromatic carbocycles. The van der Waals surface area contributed by atoms with Crippen molar-refractivity contribution in [1.29, 1.82) is 0 Å². The van der Waals surface area contributed by atoms with Crippen LogP contribution in [0.15, 0.2) is 17.1 Å². The number of nitrogens with zero attached hydrogens (tertiary/aromatic N) is 2. The van der Waals surface area contributed by atoms with Crippen LogP contribution in [-0.2, 0) is 11.8 Å². The van der Waals surface area contributed by atoms with Crippen molar-refractivity contribution in [2.45, 2.75) is 33.6 Å². The largest absolute Gasteiger partial charge is 0.319 e. The lowest BCUT2D eigenvalue weighted by Crippen LogP contribution is -2.12. The molecule has 18 heavy (non-hydrogen) atoms. The average Bonchev–Trinajstić information content (AvgIpc) is 2.58. The van der Waals surface area contributed by atoms with E-state index in [9.17, 15) is 4.79 Å². The number of hydrogen-bond donors (Lipinski definition) is 0. The summed E-state index contributed by atoms with van der Waals surface area (Å²) < 4.78 is 3.22. The maximum atomic E-state index is 11.6. The van der Waals surface area contributed by atoms with Crippen LogP contribution in [0.5, 0.6) is 0 Å². The van der Waals surface area contributed by atoms with Gasteiger partial charge in [-0.3, -0.25) is 4.79 Å². The van der Waals surface area contributed by atoms with Crippen molar-refractivity contribution < 1.29 is 4.79 Å². The lowest BCUT2D eigenvalue weighted by Gasteiger charge is -2.00. The first-order chi connectivity index (χ1) is 8.52. The van der Waals surface area contributed by atoms with Crippen molar-refractivity contribution in [2.24, 2.45) is 12.0 Å². The quantitative estimate of drug-likeness (QED) is 0.819. The van der Waals surface area contributed by atoms with Crippen molar-refractivity contribution in [3.05, 3.63) is 28.1 Å². The molecule has 0 saturated heterocycles. The Balaban J connectivity index is 2.64. The molecular formula is C14H18N2OS. The van der Waals surface area contributed by atoms with Gasteiger partial charge in [0.1, 0.15) is 0 Å². The molecule has 0 aliphatic heterocycles. The van der Waals surface area contributed by atoms with Gasteiger partial charge in [0.2, 0.25) is 5.91 Å². The fourth-order valence-electron chi connectivity index (χ4n) is 2.05. The third-order valence-electron chi connectivity index (χ3n) is 2.93. The normalized spacial score (nSPS) is 12.3. The highest BCUT2D eigenvalue weighted by molar-refractivity contribution is 7.16. The van der Waals surface area contributed by atoms with E-state index >= 15 is 0 Å². The maximum Gasteiger partial charge on any atom is 0.248 e. The van der Waals surface area contributed by atoms with Crippen LogP contribution in [0.25, 0.3) is 10.2 Å². The molecule has 4 heteroatoms. The van der Waals surface area contributed by atoms with Crippen molar-refractivity contribution in [3.8, 4) is 0 Å². The van der Waals surface area contributed by atoms with E-state index in [0.717, 1.165) is 16.7 Å². The Hall–Kier alpha value is -1.42. The van der Waals surface area contributed by atoms with Gasteiger partial charge < -0.3 is 4.57 Å². The molecule has 2 aromatic rings. The van der Waals surface area contributed by atoms with Crippen LogP contribution >= 0.6 is 11.3 Å². The highest BCUT2D eigenvalue weighted by Crippen LogP contribution is 2.22. The van der Waals surface area contributed by atoms with Crippen LogP contribution in [-0.4, -0.2) is 10.5 Å². The summed E-state index contributed by atoms with van der Waals surface area (Å²) in [5.74, 6) is -0.0333. The van der Waals surface area contributed by atoms with Gasteiger partial charge in [-0.05, 0) is 37.5 Å². The van der Waals surface area contributed by atoms with Crippen LogP contribution in [0, 0.1) is 13.8 Å². The predicted octanol–water partition coefficient (Wildman–Crippen LogP) is 3.08. The molecule has 0 unspecified atom stereocenters. The SMILES string of the molecule is CCCC(=O)N=c1sc2c(C)cc(C)cc2n1C. The first-order valence-electron chi connectivity index (χ1n) is 6.17. The molecule has 0 aliphatic rings. The standard InChI is InChI=1S/C14H18N2OS/c1-5-6-12(17)15-14-16(4)11-8-9(2)7-10(3)13(11)18-14/h7-8H,5-6H2,1-4H3. The van der Waals surface area contributed by atoms with Gasteiger partial charge in [-0.2, -0.15) is 4.99 Å². The molecule has 0 bridgehead atoms. The van der Waals surface area contributed by atoms with E-state index in [1.807, 2.05) is 18.5 Å². The average molecular weight is 262 g/mol. The molecule has 0 saturated carbocycles. The summed E-state index contributed by atoms with van der Waals surface area (Å²) in [6.45, 7) is 6.18. The van der Waals surface area contributed by atoms with Gasteiger partial charge in [-0.1, -0.05) is 24.3 Å². The zero-order valence-electron chi connectivity index (χ0n) is 11.3. The minimum absolute atomic E-state index is 0.0333. The summed E-state index contributed by atoms with van der Waals surface area (Å²) >= 11 is 1.59. The Morgan fingerprint density at radius 2 is 2.11 bits per heavy atom. The first kappa shape index (κ1) is 13.0. The molecule has 0 aliphatic carbocycles. The van der Waals surface area contributed by atoms with E-state index in [1.165, 1.54) is 15.8 Å². The molecule has 0 radical (unpaired) electrons. The van der Waals surface area contributed by atoms with Crippen molar-refractivity contribution >= 4 is 27.5 Å². The highest BCUT2D eigenvalue weighted by Gasteiger charge is 2.07. The van der Waals surface area contributed by atoms with Gasteiger partial charge in [0.05, 0.1) is 10.2 Å². The number of carbonyl (C=O) groups excluding carboxylic acids is 1. The minimum atomic E-state index is -0.0333. The number of amides is 1. The van der Waals surface area contributed by atoms with Gasteiger partial charge in [0, 0.05) is 13.5 Å². The number of carbonyl (C=O) groups is 1. The fraction of sp³-hybridized carbons (Fsp3) is 0.429. The first-order valence-corrected chi connectivity index (χ1v) is 6.99. The minimum Gasteiger partial charge on any atom is -0.319 e. The van der Waals surface area contributed by atoms with Crippen LogP contribution in [0.3, 0.4) is 0 Å². The number of aryl methyl sites for hydroxylation is 3. The summed E-state index contributed by atoms with van der Waals surface area (Å²) in [5.41, 5.74) is 3.63. The second-order valence-electron chi connectivity index (χ2n) is 4.63. The molecule has 0 spiro atoms. The van der Waals surface area contributed by atoms with E-state index in [4.69, 9.17) is 0 Å². The summed E-state index contributed by atoms with van der Waals surface area (Å²) in [7, 11) is 1.97. The molecule has 1 amide bonds. The summed E-state index contributed by atoms with van der Waals surface area (Å²) in [6.07, 6.45) is 1.36. The van der Waals surface area contributed by atoms with E-state index in [-0.39, 0.29) is 5.91 Å². The lowest BCUT2D eigenvalue weighted by atomic mass is 10.1. The Morgan fingerprint density at radius 1 is 1.39 bits per heavy atom. The zero-order chi connectivity index (χ0) is 13.3. The maximum absolute atomic E-state index is 11.6. The lowest BCUT2D eigenvalue weighted by molar-refractivity contribution is -0.118. The van der Waals surface area contributed by atoms with Gasteiger partial charge in [-0.15, -0.1) is 0 Å². The molecule has 0 atom stereocenters. The second kappa shape index (κ2) is 5.06. The number of benzene rings is 1. The molecule has 3 nitrogen and oxygen atoms in total. The van der Waals surface area contributed by atoms with Gasteiger partial charge in [0.15, 0.2) is 4.80 Å². The van der Waals surface area contributed by atoms with Crippen molar-refractivity contribution in [2.75, 3.05) is 0 Å². The Bertz CT molecular complexity index is 664. The number of thiazole rings is 1. The summed E-state index contributed by atoms with van der Waals surface area (Å²) in [5, 5.41) is 0. The highest BCUT2D eigenvalue weighted by atomic mass is 32.1. The van der Waals surface area contributed by atoms with Crippen LogP contribution in [0.2, 0.25) is 0 Å². The Kier molecular flexibility index (Phi) is 3.66. The van der Waals surface area contributed by atoms with Crippen LogP contribution in [0.4, 0.5) is 0 Å². The predicted molar refractivity (Wildman–Crippen MR) is 75.7 cm³/mol. The second-order valence-corrected chi connectivity index (χ2v) is 5.61. The molecule has 0 fully saturated rings. The number of rotatable bonds is 2. The molecule has 1 aromatic heterocycles.